The molecule has 0 atom stereocenters. The third kappa shape index (κ3) is 4.00. The maximum absolute atomic E-state index is 13.1. The number of carbonyl (C=O) groups excluding carboxylic acids is 3. The summed E-state index contributed by atoms with van der Waals surface area (Å²) in [4.78, 5) is 40.6. The number of fused-ring (bicyclic) bond motifs is 2. The maximum Gasteiger partial charge on any atom is 0.261 e. The van der Waals surface area contributed by atoms with Gasteiger partial charge < -0.3 is 9.88 Å². The Morgan fingerprint density at radius 3 is 2.53 bits per heavy atom. The van der Waals surface area contributed by atoms with E-state index in [-0.39, 0.29) is 23.8 Å². The molecule has 1 aromatic heterocycles. The van der Waals surface area contributed by atoms with Gasteiger partial charge in [0.15, 0.2) is 5.82 Å². The summed E-state index contributed by atoms with van der Waals surface area (Å²) >= 11 is 0. The number of benzene rings is 2. The fraction of sp³-hybridized carbons (Fsp3) is 0.393. The van der Waals surface area contributed by atoms with Gasteiger partial charge in [0.1, 0.15) is 5.82 Å². The molecule has 3 aliphatic rings. The third-order valence-electron chi connectivity index (χ3n) is 7.61. The second-order valence-corrected chi connectivity index (χ2v) is 9.97. The summed E-state index contributed by atoms with van der Waals surface area (Å²) in [5.74, 6) is 0.968. The van der Waals surface area contributed by atoms with Crippen LogP contribution in [0.4, 0.5) is 5.69 Å². The Hall–Kier alpha value is -3.81. The summed E-state index contributed by atoms with van der Waals surface area (Å²) in [6, 6.07) is 12.3. The monoisotopic (exact) mass is 483 g/mol. The van der Waals surface area contributed by atoms with E-state index in [1.165, 1.54) is 11.3 Å². The quantitative estimate of drug-likeness (QED) is 0.535. The molecule has 2 aliphatic heterocycles. The second kappa shape index (κ2) is 9.33. The van der Waals surface area contributed by atoms with Gasteiger partial charge in [-0.15, -0.1) is 10.2 Å². The van der Waals surface area contributed by atoms with Crippen LogP contribution in [0, 0.1) is 0 Å². The minimum Gasteiger partial charge on any atom is -0.322 e. The van der Waals surface area contributed by atoms with Gasteiger partial charge in [0, 0.05) is 35.8 Å². The van der Waals surface area contributed by atoms with Crippen LogP contribution >= 0.6 is 0 Å². The Kier molecular flexibility index (Phi) is 5.87. The zero-order valence-corrected chi connectivity index (χ0v) is 20.2. The number of aromatic nitrogens is 3. The molecule has 8 nitrogen and oxygen atoms in total. The largest absolute Gasteiger partial charge is 0.322 e. The van der Waals surface area contributed by atoms with Crippen molar-refractivity contribution in [3.63, 3.8) is 0 Å². The van der Waals surface area contributed by atoms with Crippen LogP contribution in [0.3, 0.4) is 0 Å². The van der Waals surface area contributed by atoms with Crippen LogP contribution in [-0.2, 0) is 13.0 Å². The van der Waals surface area contributed by atoms with E-state index < -0.39 is 0 Å². The lowest BCUT2D eigenvalue weighted by molar-refractivity contribution is 0.0549. The number of nitrogens with zero attached hydrogens (tertiary/aromatic N) is 4. The lowest BCUT2D eigenvalue weighted by Gasteiger charge is -2.29. The molecule has 3 amide bonds. The number of hydrogen-bond donors (Lipinski definition) is 1. The molecule has 3 aromatic rings. The van der Waals surface area contributed by atoms with E-state index in [4.69, 9.17) is 0 Å². The predicted octanol–water partition coefficient (Wildman–Crippen LogP) is 4.85. The first-order valence-corrected chi connectivity index (χ1v) is 13.0. The second-order valence-electron chi connectivity index (χ2n) is 9.97. The highest BCUT2D eigenvalue weighted by atomic mass is 16.2. The SMILES string of the molecule is O=C(Nc1cccc(-c2nnc3n2CCCCC3)c1)c1ccc2c(c1)C(=O)N(C1CCCCC1)C2=O. The zero-order chi connectivity index (χ0) is 24.6. The molecule has 36 heavy (non-hydrogen) atoms. The summed E-state index contributed by atoms with van der Waals surface area (Å²) in [7, 11) is 0. The molecule has 0 radical (unpaired) electrons. The molecule has 0 saturated heterocycles. The molecule has 0 bridgehead atoms. The average Bonchev–Trinajstić information content (AvgIpc) is 3.31. The van der Waals surface area contributed by atoms with Crippen LogP contribution in [0.5, 0.6) is 0 Å². The van der Waals surface area contributed by atoms with Crippen LogP contribution in [-0.4, -0.2) is 43.4 Å². The van der Waals surface area contributed by atoms with Gasteiger partial charge >= 0.3 is 0 Å². The predicted molar refractivity (Wildman–Crippen MR) is 135 cm³/mol. The van der Waals surface area contributed by atoms with Crippen molar-refractivity contribution in [1.82, 2.24) is 19.7 Å². The molecular formula is C28H29N5O3. The number of imide groups is 1. The molecule has 8 heteroatoms. The van der Waals surface area contributed by atoms with Crippen molar-refractivity contribution >= 4 is 23.4 Å². The molecule has 0 spiro atoms. The topological polar surface area (TPSA) is 97.2 Å². The zero-order valence-electron chi connectivity index (χ0n) is 20.2. The van der Waals surface area contributed by atoms with Crippen molar-refractivity contribution in [1.29, 1.82) is 0 Å². The molecule has 2 aromatic carbocycles. The normalized spacial score (nSPS) is 18.1. The van der Waals surface area contributed by atoms with E-state index in [2.05, 4.69) is 20.1 Å². The van der Waals surface area contributed by atoms with Gasteiger partial charge in [-0.3, -0.25) is 19.3 Å². The molecule has 1 saturated carbocycles. The number of nitrogens with one attached hydrogen (secondary N) is 1. The Balaban J connectivity index is 1.22. The van der Waals surface area contributed by atoms with Gasteiger partial charge in [0.2, 0.25) is 0 Å². The third-order valence-corrected chi connectivity index (χ3v) is 7.61. The summed E-state index contributed by atoms with van der Waals surface area (Å²) < 4.78 is 2.18. The average molecular weight is 484 g/mol. The van der Waals surface area contributed by atoms with Crippen LogP contribution < -0.4 is 5.32 Å². The molecule has 6 rings (SSSR count). The van der Waals surface area contributed by atoms with Gasteiger partial charge in [-0.2, -0.15) is 0 Å². The van der Waals surface area contributed by atoms with Gasteiger partial charge in [-0.25, -0.2) is 0 Å². The summed E-state index contributed by atoms with van der Waals surface area (Å²) in [6.45, 7) is 0.897. The first kappa shape index (κ1) is 22.6. The van der Waals surface area contributed by atoms with E-state index in [1.54, 1.807) is 18.2 Å². The van der Waals surface area contributed by atoms with Crippen molar-refractivity contribution in [3.8, 4) is 11.4 Å². The van der Waals surface area contributed by atoms with E-state index >= 15 is 0 Å². The maximum atomic E-state index is 13.1. The number of amides is 3. The van der Waals surface area contributed by atoms with Crippen molar-refractivity contribution in [2.75, 3.05) is 5.32 Å². The number of anilines is 1. The number of aryl methyl sites for hydroxylation is 1. The van der Waals surface area contributed by atoms with E-state index in [0.29, 0.717) is 22.4 Å². The van der Waals surface area contributed by atoms with Gasteiger partial charge in [-0.1, -0.05) is 37.8 Å². The first-order valence-electron chi connectivity index (χ1n) is 13.0. The molecule has 1 N–H and O–H groups in total. The summed E-state index contributed by atoms with van der Waals surface area (Å²) in [5, 5.41) is 11.7. The standard InChI is InChI=1S/C28H29N5O3/c34-26(19-13-14-22-23(17-19)28(36)33(27(22)35)21-10-3-1-4-11-21)29-20-9-7-8-18(16-20)25-31-30-24-12-5-2-6-15-32(24)25/h7-9,13-14,16-17,21H,1-6,10-12,15H2,(H,29,34). The lowest BCUT2D eigenvalue weighted by Crippen LogP contribution is -2.40. The molecule has 3 heterocycles. The van der Waals surface area contributed by atoms with Crippen molar-refractivity contribution in [2.24, 2.45) is 0 Å². The fourth-order valence-electron chi connectivity index (χ4n) is 5.71. The summed E-state index contributed by atoms with van der Waals surface area (Å²) in [6.07, 6.45) is 9.26. The molecule has 1 aliphatic carbocycles. The fourth-order valence-corrected chi connectivity index (χ4v) is 5.71. The smallest absolute Gasteiger partial charge is 0.261 e. The molecule has 184 valence electrons. The van der Waals surface area contributed by atoms with E-state index in [1.807, 2.05) is 24.3 Å². The van der Waals surface area contributed by atoms with Crippen LogP contribution in [0.1, 0.15) is 88.3 Å². The highest BCUT2D eigenvalue weighted by molar-refractivity contribution is 6.22. The number of carbonyl (C=O) groups is 3. The molecule has 1 fully saturated rings. The van der Waals surface area contributed by atoms with Gasteiger partial charge in [-0.05, 0) is 56.0 Å². The van der Waals surface area contributed by atoms with E-state index in [9.17, 15) is 14.4 Å². The summed E-state index contributed by atoms with van der Waals surface area (Å²) in [5.41, 5.74) is 2.58. The number of hydrogen-bond acceptors (Lipinski definition) is 5. The molecule has 0 unspecified atom stereocenters. The van der Waals surface area contributed by atoms with Crippen molar-refractivity contribution in [2.45, 2.75) is 70.4 Å². The van der Waals surface area contributed by atoms with Crippen LogP contribution in [0.25, 0.3) is 11.4 Å². The highest BCUT2D eigenvalue weighted by Crippen LogP contribution is 2.32. The number of rotatable bonds is 4. The Morgan fingerprint density at radius 2 is 1.67 bits per heavy atom. The van der Waals surface area contributed by atoms with Crippen LogP contribution in [0.15, 0.2) is 42.5 Å². The van der Waals surface area contributed by atoms with E-state index in [0.717, 1.165) is 75.1 Å². The minimum atomic E-state index is -0.327. The van der Waals surface area contributed by atoms with Crippen molar-refractivity contribution in [3.05, 3.63) is 65.0 Å². The van der Waals surface area contributed by atoms with Crippen LogP contribution in [0.2, 0.25) is 0 Å². The Morgan fingerprint density at radius 1 is 0.861 bits per heavy atom. The minimum absolute atomic E-state index is 0.0432. The lowest BCUT2D eigenvalue weighted by atomic mass is 9.94. The Bertz CT molecular complexity index is 1350. The van der Waals surface area contributed by atoms with Gasteiger partial charge in [0.05, 0.1) is 11.1 Å². The molecular weight excluding hydrogens is 454 g/mol. The Labute approximate surface area is 209 Å². The van der Waals surface area contributed by atoms with Crippen molar-refractivity contribution < 1.29 is 14.4 Å². The highest BCUT2D eigenvalue weighted by Gasteiger charge is 2.40. The first-order chi connectivity index (χ1) is 17.6. The van der Waals surface area contributed by atoms with Gasteiger partial charge in [0.25, 0.3) is 17.7 Å².